The number of hydrogen-bond donors (Lipinski definition) is 1. The minimum atomic E-state index is -0.159. The highest BCUT2D eigenvalue weighted by Gasteiger charge is 2.04. The fourth-order valence-electron chi connectivity index (χ4n) is 1.76. The molecule has 1 N–H and O–H groups in total. The highest BCUT2D eigenvalue weighted by Crippen LogP contribution is 2.17. The molecule has 1 heterocycles. The molecule has 1 aromatic heterocycles. The second-order valence-corrected chi connectivity index (χ2v) is 5.05. The van der Waals surface area contributed by atoms with E-state index in [-0.39, 0.29) is 5.82 Å². The van der Waals surface area contributed by atoms with Crippen LogP contribution >= 0.6 is 11.3 Å². The fourth-order valence-corrected chi connectivity index (χ4v) is 2.52. The molecule has 1 nitrogen and oxygen atoms in total. The first-order valence-electron chi connectivity index (χ1n) is 5.77. The van der Waals surface area contributed by atoms with Crippen LogP contribution in [0.2, 0.25) is 0 Å². The van der Waals surface area contributed by atoms with Gasteiger partial charge in [0.1, 0.15) is 5.82 Å². The summed E-state index contributed by atoms with van der Waals surface area (Å²) in [6, 6.07) is 11.3. The van der Waals surface area contributed by atoms with Gasteiger partial charge in [-0.15, -0.1) is 11.3 Å². The van der Waals surface area contributed by atoms with E-state index in [1.54, 1.807) is 23.5 Å². The Morgan fingerprint density at radius 3 is 2.88 bits per heavy atom. The summed E-state index contributed by atoms with van der Waals surface area (Å²) in [6.07, 6.45) is 0.855. The van der Waals surface area contributed by atoms with Gasteiger partial charge in [-0.05, 0) is 49.0 Å². The van der Waals surface area contributed by atoms with E-state index in [1.165, 1.54) is 10.9 Å². The van der Waals surface area contributed by atoms with Crippen molar-refractivity contribution in [3.63, 3.8) is 0 Å². The molecule has 17 heavy (non-hydrogen) atoms. The van der Waals surface area contributed by atoms with Crippen LogP contribution in [0, 0.1) is 5.82 Å². The van der Waals surface area contributed by atoms with Crippen molar-refractivity contribution in [3.05, 3.63) is 58.0 Å². The molecular weight excluding hydrogens is 233 g/mol. The van der Waals surface area contributed by atoms with Gasteiger partial charge in [-0.25, -0.2) is 4.39 Å². The molecule has 0 saturated heterocycles. The van der Waals surface area contributed by atoms with Gasteiger partial charge in [-0.1, -0.05) is 18.2 Å². The zero-order valence-electron chi connectivity index (χ0n) is 9.82. The van der Waals surface area contributed by atoms with Crippen LogP contribution in [0.15, 0.2) is 41.8 Å². The largest absolute Gasteiger partial charge is 0.309 e. The zero-order valence-corrected chi connectivity index (χ0v) is 10.6. The van der Waals surface area contributed by atoms with Gasteiger partial charge in [0.25, 0.3) is 0 Å². The highest BCUT2D eigenvalue weighted by atomic mass is 32.1. The predicted molar refractivity (Wildman–Crippen MR) is 70.8 cm³/mol. The van der Waals surface area contributed by atoms with Crippen molar-refractivity contribution < 1.29 is 4.39 Å². The molecule has 0 amide bonds. The van der Waals surface area contributed by atoms with Crippen molar-refractivity contribution in [1.29, 1.82) is 0 Å². The number of nitrogens with one attached hydrogen (secondary N) is 1. The normalized spacial score (nSPS) is 12.6. The third kappa shape index (κ3) is 3.65. The van der Waals surface area contributed by atoms with Gasteiger partial charge in [-0.3, -0.25) is 0 Å². The van der Waals surface area contributed by atoms with Crippen molar-refractivity contribution in [2.45, 2.75) is 19.4 Å². The average Bonchev–Trinajstić information content (AvgIpc) is 2.82. The molecule has 0 bridgehead atoms. The lowest BCUT2D eigenvalue weighted by Gasteiger charge is -2.11. The Labute approximate surface area is 105 Å². The van der Waals surface area contributed by atoms with E-state index in [9.17, 15) is 4.39 Å². The SMILES string of the molecule is CC(NCCc1cccc(F)c1)c1cccs1. The molecule has 0 aliphatic carbocycles. The molecule has 0 radical (unpaired) electrons. The van der Waals surface area contributed by atoms with Crippen LogP contribution in [0.25, 0.3) is 0 Å². The molecule has 1 unspecified atom stereocenters. The first-order valence-corrected chi connectivity index (χ1v) is 6.65. The highest BCUT2D eigenvalue weighted by molar-refractivity contribution is 7.10. The summed E-state index contributed by atoms with van der Waals surface area (Å²) < 4.78 is 13.0. The van der Waals surface area contributed by atoms with Crippen LogP contribution < -0.4 is 5.32 Å². The standard InChI is InChI=1S/C14H16FNS/c1-11(14-6-3-9-17-14)16-8-7-12-4-2-5-13(15)10-12/h2-6,9-11,16H,7-8H2,1H3. The Morgan fingerprint density at radius 2 is 2.18 bits per heavy atom. The Balaban J connectivity index is 1.80. The molecule has 1 atom stereocenters. The molecule has 0 aliphatic heterocycles. The summed E-state index contributed by atoms with van der Waals surface area (Å²) in [5.74, 6) is -0.159. The number of rotatable bonds is 5. The molecule has 1 aromatic carbocycles. The third-order valence-corrected chi connectivity index (χ3v) is 3.78. The van der Waals surface area contributed by atoms with E-state index < -0.39 is 0 Å². The van der Waals surface area contributed by atoms with E-state index in [2.05, 4.69) is 29.8 Å². The molecule has 90 valence electrons. The van der Waals surface area contributed by atoms with Crippen LogP contribution in [-0.4, -0.2) is 6.54 Å². The van der Waals surface area contributed by atoms with Gasteiger partial charge >= 0.3 is 0 Å². The molecule has 0 spiro atoms. The number of hydrogen-bond acceptors (Lipinski definition) is 2. The van der Waals surface area contributed by atoms with Crippen molar-refractivity contribution in [2.75, 3.05) is 6.54 Å². The van der Waals surface area contributed by atoms with E-state index in [0.29, 0.717) is 6.04 Å². The lowest BCUT2D eigenvalue weighted by atomic mass is 10.1. The Bertz CT molecular complexity index is 453. The van der Waals surface area contributed by atoms with E-state index in [0.717, 1.165) is 18.5 Å². The van der Waals surface area contributed by atoms with Crippen molar-refractivity contribution in [2.24, 2.45) is 0 Å². The summed E-state index contributed by atoms with van der Waals surface area (Å²) in [6.45, 7) is 3.01. The first kappa shape index (κ1) is 12.3. The van der Waals surface area contributed by atoms with E-state index >= 15 is 0 Å². The van der Waals surface area contributed by atoms with Crippen LogP contribution in [0.5, 0.6) is 0 Å². The quantitative estimate of drug-likeness (QED) is 0.850. The van der Waals surface area contributed by atoms with Crippen molar-refractivity contribution in [1.82, 2.24) is 5.32 Å². The van der Waals surface area contributed by atoms with Gasteiger partial charge < -0.3 is 5.32 Å². The zero-order chi connectivity index (χ0) is 12.1. The second-order valence-electron chi connectivity index (χ2n) is 4.07. The summed E-state index contributed by atoms with van der Waals surface area (Å²) in [4.78, 5) is 1.34. The van der Waals surface area contributed by atoms with Gasteiger partial charge in [0, 0.05) is 10.9 Å². The van der Waals surface area contributed by atoms with Gasteiger partial charge in [0.05, 0.1) is 0 Å². The summed E-state index contributed by atoms with van der Waals surface area (Å²) in [5, 5.41) is 5.52. The summed E-state index contributed by atoms with van der Waals surface area (Å²) in [7, 11) is 0. The van der Waals surface area contributed by atoms with Gasteiger partial charge in [-0.2, -0.15) is 0 Å². The topological polar surface area (TPSA) is 12.0 Å². The minimum absolute atomic E-state index is 0.159. The average molecular weight is 249 g/mol. The molecule has 0 aliphatic rings. The molecule has 0 saturated carbocycles. The third-order valence-electron chi connectivity index (χ3n) is 2.72. The summed E-state index contributed by atoms with van der Waals surface area (Å²) >= 11 is 1.76. The lowest BCUT2D eigenvalue weighted by molar-refractivity contribution is 0.581. The summed E-state index contributed by atoms with van der Waals surface area (Å²) in [5.41, 5.74) is 1.04. The smallest absolute Gasteiger partial charge is 0.123 e. The van der Waals surface area contributed by atoms with E-state index in [1.807, 2.05) is 6.07 Å². The maximum absolute atomic E-state index is 13.0. The van der Waals surface area contributed by atoms with Gasteiger partial charge in [0.2, 0.25) is 0 Å². The minimum Gasteiger partial charge on any atom is -0.309 e. The van der Waals surface area contributed by atoms with Gasteiger partial charge in [0.15, 0.2) is 0 Å². The second kappa shape index (κ2) is 5.94. The number of halogens is 1. The molecular formula is C14H16FNS. The maximum atomic E-state index is 13.0. The van der Waals surface area contributed by atoms with Crippen LogP contribution in [0.4, 0.5) is 4.39 Å². The van der Waals surface area contributed by atoms with Crippen LogP contribution in [0.1, 0.15) is 23.4 Å². The molecule has 3 heteroatoms. The Kier molecular flexibility index (Phi) is 4.29. The first-order chi connectivity index (χ1) is 8.25. The van der Waals surface area contributed by atoms with Crippen molar-refractivity contribution >= 4 is 11.3 Å². The number of thiophene rings is 1. The molecule has 2 aromatic rings. The Morgan fingerprint density at radius 1 is 1.29 bits per heavy atom. The fraction of sp³-hybridized carbons (Fsp3) is 0.286. The lowest BCUT2D eigenvalue weighted by Crippen LogP contribution is -2.20. The molecule has 0 fully saturated rings. The predicted octanol–water partition coefficient (Wildman–Crippen LogP) is 3.78. The Hall–Kier alpha value is -1.19. The maximum Gasteiger partial charge on any atom is 0.123 e. The van der Waals surface area contributed by atoms with E-state index in [4.69, 9.17) is 0 Å². The van der Waals surface area contributed by atoms with Crippen LogP contribution in [0.3, 0.4) is 0 Å². The molecule has 2 rings (SSSR count). The number of benzene rings is 1. The van der Waals surface area contributed by atoms with Crippen LogP contribution in [-0.2, 0) is 6.42 Å². The van der Waals surface area contributed by atoms with Crippen molar-refractivity contribution in [3.8, 4) is 0 Å². The monoisotopic (exact) mass is 249 g/mol.